The Morgan fingerprint density at radius 3 is 2.62 bits per heavy atom. The van der Waals surface area contributed by atoms with Crippen LogP contribution < -0.4 is 5.32 Å². The van der Waals surface area contributed by atoms with Crippen molar-refractivity contribution < 1.29 is 14.4 Å². The van der Waals surface area contributed by atoms with Gasteiger partial charge in [0.1, 0.15) is 5.69 Å². The number of nitrogens with one attached hydrogen (secondary N) is 2. The van der Waals surface area contributed by atoms with E-state index in [1.807, 2.05) is 60.7 Å². The number of benzene rings is 2. The number of rotatable bonds is 8. The van der Waals surface area contributed by atoms with Crippen molar-refractivity contribution in [3.05, 3.63) is 66.2 Å². The monoisotopic (exact) mass is 389 g/mol. The zero-order chi connectivity index (χ0) is 20.1. The summed E-state index contributed by atoms with van der Waals surface area (Å²) < 4.78 is 5.39. The van der Waals surface area contributed by atoms with Gasteiger partial charge in [0.15, 0.2) is 0 Å². The number of aromatic amines is 1. The highest BCUT2D eigenvalue weighted by molar-refractivity contribution is 5.67. The molecule has 3 N–H and O–H groups in total. The maximum Gasteiger partial charge on any atom is 0.304 e. The van der Waals surface area contributed by atoms with Crippen LogP contribution in [0.2, 0.25) is 0 Å². The lowest BCUT2D eigenvalue weighted by atomic mass is 10.1. The van der Waals surface area contributed by atoms with E-state index in [1.54, 1.807) is 0 Å². The number of nitrogens with zero attached hydrogens (tertiary/aromatic N) is 3. The standard InChI is InChI=1S/C21H19N5O3/c27-19(28)10-11-22-13-14-6-8-16(9-7-14)20-23-21(29-26-20)18-12-17(24-25-18)15-4-2-1-3-5-15/h1-9,12,22H,10-11,13H2,(H,24,25)(H,27,28). The van der Waals surface area contributed by atoms with Gasteiger partial charge in [0.05, 0.1) is 12.1 Å². The summed E-state index contributed by atoms with van der Waals surface area (Å²) in [7, 11) is 0. The summed E-state index contributed by atoms with van der Waals surface area (Å²) >= 11 is 0. The predicted molar refractivity (Wildman–Crippen MR) is 107 cm³/mol. The first-order valence-corrected chi connectivity index (χ1v) is 9.16. The van der Waals surface area contributed by atoms with Crippen LogP contribution in [-0.2, 0) is 11.3 Å². The highest BCUT2D eigenvalue weighted by Gasteiger charge is 2.14. The Hall–Kier alpha value is -3.78. The van der Waals surface area contributed by atoms with E-state index < -0.39 is 5.97 Å². The molecule has 0 aliphatic rings. The van der Waals surface area contributed by atoms with Gasteiger partial charge in [0.2, 0.25) is 5.82 Å². The molecule has 8 nitrogen and oxygen atoms in total. The molecule has 29 heavy (non-hydrogen) atoms. The fraction of sp³-hybridized carbons (Fsp3) is 0.143. The van der Waals surface area contributed by atoms with E-state index in [0.717, 1.165) is 22.4 Å². The Morgan fingerprint density at radius 1 is 1.07 bits per heavy atom. The molecule has 0 radical (unpaired) electrons. The van der Waals surface area contributed by atoms with Gasteiger partial charge in [-0.1, -0.05) is 59.8 Å². The number of aromatic nitrogens is 4. The second-order valence-electron chi connectivity index (χ2n) is 6.47. The van der Waals surface area contributed by atoms with Crippen molar-refractivity contribution in [2.45, 2.75) is 13.0 Å². The lowest BCUT2D eigenvalue weighted by molar-refractivity contribution is -0.136. The van der Waals surface area contributed by atoms with Crippen LogP contribution in [0.5, 0.6) is 0 Å². The Morgan fingerprint density at radius 2 is 1.86 bits per heavy atom. The Bertz CT molecular complexity index is 1090. The van der Waals surface area contributed by atoms with E-state index in [9.17, 15) is 4.79 Å². The fourth-order valence-electron chi connectivity index (χ4n) is 2.84. The highest BCUT2D eigenvalue weighted by atomic mass is 16.5. The van der Waals surface area contributed by atoms with Crippen molar-refractivity contribution in [2.75, 3.05) is 6.54 Å². The van der Waals surface area contributed by atoms with Crippen molar-refractivity contribution in [2.24, 2.45) is 0 Å². The van der Waals surface area contributed by atoms with E-state index in [4.69, 9.17) is 9.63 Å². The molecule has 0 aliphatic heterocycles. The maximum atomic E-state index is 10.5. The molecule has 8 heteroatoms. The Labute approximate surface area is 166 Å². The van der Waals surface area contributed by atoms with Crippen molar-refractivity contribution in [1.29, 1.82) is 0 Å². The van der Waals surface area contributed by atoms with Gasteiger partial charge in [0.25, 0.3) is 5.89 Å². The van der Waals surface area contributed by atoms with Gasteiger partial charge < -0.3 is 14.9 Å². The second-order valence-corrected chi connectivity index (χ2v) is 6.47. The normalized spacial score (nSPS) is 10.9. The Balaban J connectivity index is 1.43. The van der Waals surface area contributed by atoms with Gasteiger partial charge in [-0.15, -0.1) is 0 Å². The Kier molecular flexibility index (Phi) is 5.44. The van der Waals surface area contributed by atoms with Crippen molar-refractivity contribution in [3.8, 4) is 34.2 Å². The van der Waals surface area contributed by atoms with Crippen LogP contribution in [0.4, 0.5) is 0 Å². The SMILES string of the molecule is O=C(O)CCNCc1ccc(-c2noc(-c3cc(-c4ccccc4)n[nH]3)n2)cc1. The van der Waals surface area contributed by atoms with Gasteiger partial charge in [-0.2, -0.15) is 10.1 Å². The van der Waals surface area contributed by atoms with Gasteiger partial charge in [-0.3, -0.25) is 9.89 Å². The minimum Gasteiger partial charge on any atom is -0.481 e. The average Bonchev–Trinajstić information content (AvgIpc) is 3.42. The number of carboxylic acid groups (broad SMARTS) is 1. The van der Waals surface area contributed by atoms with Crippen LogP contribution in [0.3, 0.4) is 0 Å². The van der Waals surface area contributed by atoms with Crippen molar-refractivity contribution >= 4 is 5.97 Å². The molecule has 2 aromatic heterocycles. The van der Waals surface area contributed by atoms with Gasteiger partial charge in [-0.25, -0.2) is 0 Å². The van der Waals surface area contributed by atoms with E-state index in [0.29, 0.717) is 30.5 Å². The van der Waals surface area contributed by atoms with Gasteiger partial charge >= 0.3 is 5.97 Å². The maximum absolute atomic E-state index is 10.5. The first-order valence-electron chi connectivity index (χ1n) is 9.16. The van der Waals surface area contributed by atoms with Gasteiger partial charge in [-0.05, 0) is 11.6 Å². The number of carbonyl (C=O) groups is 1. The molecule has 0 fully saturated rings. The van der Waals surface area contributed by atoms with Crippen LogP contribution in [0.1, 0.15) is 12.0 Å². The lowest BCUT2D eigenvalue weighted by Gasteiger charge is -2.03. The molecule has 0 bridgehead atoms. The third-order valence-electron chi connectivity index (χ3n) is 4.36. The molecule has 0 unspecified atom stereocenters. The lowest BCUT2D eigenvalue weighted by Crippen LogP contribution is -2.17. The molecule has 4 aromatic rings. The summed E-state index contributed by atoms with van der Waals surface area (Å²) in [6.45, 7) is 1.03. The van der Waals surface area contributed by atoms with Crippen molar-refractivity contribution in [3.63, 3.8) is 0 Å². The first kappa shape index (κ1) is 18.6. The largest absolute Gasteiger partial charge is 0.481 e. The molecule has 0 amide bonds. The minimum absolute atomic E-state index is 0.101. The number of hydrogen-bond acceptors (Lipinski definition) is 6. The third-order valence-corrected chi connectivity index (χ3v) is 4.36. The molecule has 0 saturated carbocycles. The van der Waals surface area contributed by atoms with Crippen LogP contribution in [0.25, 0.3) is 34.2 Å². The molecular formula is C21H19N5O3. The first-order chi connectivity index (χ1) is 14.2. The molecule has 0 aliphatic carbocycles. The van der Waals surface area contributed by atoms with Crippen LogP contribution in [0, 0.1) is 0 Å². The minimum atomic E-state index is -0.811. The van der Waals surface area contributed by atoms with E-state index in [-0.39, 0.29) is 6.42 Å². The molecular weight excluding hydrogens is 370 g/mol. The molecule has 2 heterocycles. The summed E-state index contributed by atoms with van der Waals surface area (Å²) in [6.07, 6.45) is 0.101. The highest BCUT2D eigenvalue weighted by Crippen LogP contribution is 2.25. The van der Waals surface area contributed by atoms with Crippen LogP contribution in [-0.4, -0.2) is 38.0 Å². The number of carboxylic acids is 1. The fourth-order valence-corrected chi connectivity index (χ4v) is 2.84. The third kappa shape index (κ3) is 4.56. The average molecular weight is 389 g/mol. The van der Waals surface area contributed by atoms with Crippen molar-refractivity contribution in [1.82, 2.24) is 25.7 Å². The molecule has 2 aromatic carbocycles. The smallest absolute Gasteiger partial charge is 0.304 e. The quantitative estimate of drug-likeness (QED) is 0.396. The molecule has 146 valence electrons. The number of hydrogen-bond donors (Lipinski definition) is 3. The molecule has 0 atom stereocenters. The summed E-state index contributed by atoms with van der Waals surface area (Å²) in [5, 5.41) is 23.0. The number of aliphatic carboxylic acids is 1. The summed E-state index contributed by atoms with van der Waals surface area (Å²) in [4.78, 5) is 15.0. The molecule has 0 spiro atoms. The van der Waals surface area contributed by atoms with Gasteiger partial charge in [0, 0.05) is 24.2 Å². The predicted octanol–water partition coefficient (Wildman–Crippen LogP) is 3.36. The van der Waals surface area contributed by atoms with Crippen LogP contribution in [0.15, 0.2) is 65.2 Å². The number of H-pyrrole nitrogens is 1. The van der Waals surface area contributed by atoms with E-state index >= 15 is 0 Å². The molecule has 0 saturated heterocycles. The zero-order valence-electron chi connectivity index (χ0n) is 15.5. The van der Waals surface area contributed by atoms with Crippen LogP contribution >= 0.6 is 0 Å². The summed E-state index contributed by atoms with van der Waals surface area (Å²) in [5.74, 6) is 0.0456. The molecule has 4 rings (SSSR count). The summed E-state index contributed by atoms with van der Waals surface area (Å²) in [5.41, 5.74) is 4.34. The zero-order valence-corrected chi connectivity index (χ0v) is 15.5. The topological polar surface area (TPSA) is 117 Å². The second kappa shape index (κ2) is 8.49. The van der Waals surface area contributed by atoms with E-state index in [1.165, 1.54) is 0 Å². The van der Waals surface area contributed by atoms with E-state index in [2.05, 4.69) is 25.7 Å². The summed E-state index contributed by atoms with van der Waals surface area (Å²) in [6, 6.07) is 19.4.